The minimum Gasteiger partial charge on any atom is -0.497 e. The van der Waals surface area contributed by atoms with Gasteiger partial charge in [-0.3, -0.25) is 4.72 Å². The number of aryl methyl sites for hydroxylation is 2. The molecule has 0 amide bonds. The second-order valence-corrected chi connectivity index (χ2v) is 9.46. The molecule has 170 valence electrons. The summed E-state index contributed by atoms with van der Waals surface area (Å²) in [5, 5.41) is 3.25. The van der Waals surface area contributed by atoms with E-state index < -0.39 is 10.0 Å². The van der Waals surface area contributed by atoms with Gasteiger partial charge in [0.15, 0.2) is 11.6 Å². The maximum atomic E-state index is 13.2. The van der Waals surface area contributed by atoms with Crippen molar-refractivity contribution in [2.45, 2.75) is 25.2 Å². The molecule has 0 spiro atoms. The molecule has 3 aromatic carbocycles. The molecule has 8 heteroatoms. The first-order valence-electron chi connectivity index (χ1n) is 10.6. The highest BCUT2D eigenvalue weighted by Crippen LogP contribution is 2.26. The minimum atomic E-state index is -3.84. The Morgan fingerprint density at radius 1 is 0.879 bits per heavy atom. The zero-order chi connectivity index (χ0) is 23.4. The summed E-state index contributed by atoms with van der Waals surface area (Å²) in [6.45, 7) is 4.26. The number of hydrogen-bond acceptors (Lipinski definition) is 6. The van der Waals surface area contributed by atoms with Gasteiger partial charge in [-0.05, 0) is 61.7 Å². The Morgan fingerprint density at radius 3 is 2.18 bits per heavy atom. The molecule has 0 radical (unpaired) electrons. The lowest BCUT2D eigenvalue weighted by atomic mass is 10.1. The van der Waals surface area contributed by atoms with Gasteiger partial charge in [-0.2, -0.15) is 0 Å². The summed E-state index contributed by atoms with van der Waals surface area (Å²) in [5.74, 6) is 1.36. The monoisotopic (exact) mass is 462 g/mol. The number of rotatable bonds is 8. The molecule has 2 N–H and O–H groups in total. The largest absolute Gasteiger partial charge is 0.497 e. The van der Waals surface area contributed by atoms with Gasteiger partial charge in [0.05, 0.1) is 23.0 Å². The maximum absolute atomic E-state index is 13.2. The van der Waals surface area contributed by atoms with Crippen LogP contribution in [-0.4, -0.2) is 32.0 Å². The number of fused-ring (bicyclic) bond motifs is 1. The van der Waals surface area contributed by atoms with Crippen LogP contribution in [0, 0.1) is 13.8 Å². The van der Waals surface area contributed by atoms with Gasteiger partial charge >= 0.3 is 0 Å². The molecule has 0 saturated carbocycles. The zero-order valence-electron chi connectivity index (χ0n) is 18.8. The maximum Gasteiger partial charge on any atom is 0.263 e. The molecule has 33 heavy (non-hydrogen) atoms. The van der Waals surface area contributed by atoms with Crippen molar-refractivity contribution in [2.75, 3.05) is 23.7 Å². The molecule has 0 saturated heterocycles. The van der Waals surface area contributed by atoms with Crippen LogP contribution < -0.4 is 14.8 Å². The van der Waals surface area contributed by atoms with Crippen LogP contribution in [0.15, 0.2) is 71.6 Å². The lowest BCUT2D eigenvalue weighted by molar-refractivity contribution is 0.414. The first-order chi connectivity index (χ1) is 15.9. The first kappa shape index (κ1) is 22.5. The van der Waals surface area contributed by atoms with Crippen molar-refractivity contribution in [3.05, 3.63) is 83.4 Å². The quantitative estimate of drug-likeness (QED) is 0.394. The zero-order valence-corrected chi connectivity index (χ0v) is 19.6. The van der Waals surface area contributed by atoms with Crippen molar-refractivity contribution in [3.8, 4) is 5.75 Å². The minimum absolute atomic E-state index is 0.170. The number of ether oxygens (including phenoxy) is 1. The summed E-state index contributed by atoms with van der Waals surface area (Å²) in [5.41, 5.74) is 4.08. The predicted octanol–water partition coefficient (Wildman–Crippen LogP) is 4.71. The lowest BCUT2D eigenvalue weighted by Crippen LogP contribution is -2.18. The highest BCUT2D eigenvalue weighted by Gasteiger charge is 2.20. The predicted molar refractivity (Wildman–Crippen MR) is 131 cm³/mol. The fourth-order valence-corrected chi connectivity index (χ4v) is 4.83. The summed E-state index contributed by atoms with van der Waals surface area (Å²) >= 11 is 0. The third-order valence-corrected chi connectivity index (χ3v) is 6.79. The van der Waals surface area contributed by atoms with Crippen LogP contribution in [0.3, 0.4) is 0 Å². The topological polar surface area (TPSA) is 93.2 Å². The van der Waals surface area contributed by atoms with Crippen LogP contribution in [0.4, 0.5) is 11.6 Å². The molecule has 1 heterocycles. The van der Waals surface area contributed by atoms with E-state index in [0.29, 0.717) is 29.0 Å². The van der Waals surface area contributed by atoms with Crippen molar-refractivity contribution >= 4 is 32.7 Å². The van der Waals surface area contributed by atoms with Gasteiger partial charge in [0, 0.05) is 6.54 Å². The van der Waals surface area contributed by atoms with Gasteiger partial charge in [-0.15, -0.1) is 0 Å². The second-order valence-electron chi connectivity index (χ2n) is 7.81. The Morgan fingerprint density at radius 2 is 1.55 bits per heavy atom. The molecule has 0 bridgehead atoms. The normalized spacial score (nSPS) is 11.4. The van der Waals surface area contributed by atoms with E-state index in [1.54, 1.807) is 32.2 Å². The number of nitrogens with one attached hydrogen (secondary N) is 2. The lowest BCUT2D eigenvalue weighted by Gasteiger charge is -2.15. The van der Waals surface area contributed by atoms with E-state index >= 15 is 0 Å². The third-order valence-electron chi connectivity index (χ3n) is 5.29. The van der Waals surface area contributed by atoms with Crippen LogP contribution in [0.5, 0.6) is 5.75 Å². The summed E-state index contributed by atoms with van der Waals surface area (Å²) < 4.78 is 34.2. The van der Waals surface area contributed by atoms with Crippen molar-refractivity contribution in [1.29, 1.82) is 0 Å². The van der Waals surface area contributed by atoms with Crippen molar-refractivity contribution in [2.24, 2.45) is 0 Å². The average molecular weight is 463 g/mol. The van der Waals surface area contributed by atoms with Crippen LogP contribution >= 0.6 is 0 Å². The van der Waals surface area contributed by atoms with E-state index in [1.807, 2.05) is 55.5 Å². The molecule has 0 fully saturated rings. The fourth-order valence-electron chi connectivity index (χ4n) is 3.59. The molecule has 4 rings (SSSR count). The second kappa shape index (κ2) is 9.46. The molecular weight excluding hydrogens is 436 g/mol. The molecule has 0 aliphatic rings. The van der Waals surface area contributed by atoms with Crippen molar-refractivity contribution < 1.29 is 13.2 Å². The number of hydrogen-bond donors (Lipinski definition) is 2. The van der Waals surface area contributed by atoms with Gasteiger partial charge in [0.25, 0.3) is 10.0 Å². The standard InChI is InChI=1S/C25H26N4O3S/c1-17-8-13-23(18(2)16-17)33(30,31)29-25-24(27-21-6-4-5-7-22(21)28-25)26-15-14-19-9-11-20(32-3)12-10-19/h4-13,16H,14-15H2,1-3H3,(H,26,27)(H,28,29). The summed E-state index contributed by atoms with van der Waals surface area (Å²) in [4.78, 5) is 9.39. The fraction of sp³-hybridized carbons (Fsp3) is 0.200. The van der Waals surface area contributed by atoms with Crippen LogP contribution in [0.1, 0.15) is 16.7 Å². The SMILES string of the molecule is COc1ccc(CCNc2nc3ccccc3nc2NS(=O)(=O)c2ccc(C)cc2C)cc1. The smallest absolute Gasteiger partial charge is 0.263 e. The Bertz CT molecular complexity index is 1390. The van der Waals surface area contributed by atoms with Crippen molar-refractivity contribution in [1.82, 2.24) is 9.97 Å². The average Bonchev–Trinajstić information content (AvgIpc) is 2.79. The number of nitrogens with zero attached hydrogens (tertiary/aromatic N) is 2. The van der Waals surface area contributed by atoms with Crippen LogP contribution in [0.2, 0.25) is 0 Å². The van der Waals surface area contributed by atoms with Crippen molar-refractivity contribution in [3.63, 3.8) is 0 Å². The van der Waals surface area contributed by atoms with Gasteiger partial charge in [-0.25, -0.2) is 18.4 Å². The van der Waals surface area contributed by atoms with Gasteiger partial charge in [0.2, 0.25) is 0 Å². The van der Waals surface area contributed by atoms with E-state index in [4.69, 9.17) is 4.74 Å². The van der Waals surface area contributed by atoms with Gasteiger partial charge in [0.1, 0.15) is 5.75 Å². The number of methoxy groups -OCH3 is 1. The van der Waals surface area contributed by atoms with E-state index in [0.717, 1.165) is 23.3 Å². The first-order valence-corrected chi connectivity index (χ1v) is 12.1. The Hall–Kier alpha value is -3.65. The number of sulfonamides is 1. The van der Waals surface area contributed by atoms with E-state index in [1.165, 1.54) is 0 Å². The number of anilines is 2. The summed E-state index contributed by atoms with van der Waals surface area (Å²) in [6.07, 6.45) is 0.724. The number of para-hydroxylation sites is 2. The Labute approximate surface area is 193 Å². The molecule has 1 aromatic heterocycles. The van der Waals surface area contributed by atoms with E-state index in [2.05, 4.69) is 20.0 Å². The molecule has 0 aliphatic heterocycles. The Kier molecular flexibility index (Phi) is 6.46. The molecule has 0 atom stereocenters. The van der Waals surface area contributed by atoms with E-state index in [9.17, 15) is 8.42 Å². The van der Waals surface area contributed by atoms with E-state index in [-0.39, 0.29) is 10.7 Å². The molecular formula is C25H26N4O3S. The van der Waals surface area contributed by atoms with Gasteiger partial charge < -0.3 is 10.1 Å². The summed E-state index contributed by atoms with van der Waals surface area (Å²) in [7, 11) is -2.21. The molecule has 0 aliphatic carbocycles. The van der Waals surface area contributed by atoms with Crippen LogP contribution in [0.25, 0.3) is 11.0 Å². The highest BCUT2D eigenvalue weighted by molar-refractivity contribution is 7.92. The van der Waals surface area contributed by atoms with Crippen LogP contribution in [-0.2, 0) is 16.4 Å². The molecule has 7 nitrogen and oxygen atoms in total. The Balaban J connectivity index is 1.61. The summed E-state index contributed by atoms with van der Waals surface area (Å²) in [6, 6.07) is 20.4. The third kappa shape index (κ3) is 5.23. The number of benzene rings is 3. The van der Waals surface area contributed by atoms with Gasteiger partial charge in [-0.1, -0.05) is 42.0 Å². The molecule has 4 aromatic rings. The molecule has 0 unspecified atom stereocenters. The highest BCUT2D eigenvalue weighted by atomic mass is 32.2. The number of aromatic nitrogens is 2.